The molecule has 17 heavy (non-hydrogen) atoms. The van der Waals surface area contributed by atoms with E-state index in [1.54, 1.807) is 0 Å². The van der Waals surface area contributed by atoms with Crippen molar-refractivity contribution in [3.63, 3.8) is 0 Å². The van der Waals surface area contributed by atoms with Crippen LogP contribution in [0.5, 0.6) is 0 Å². The van der Waals surface area contributed by atoms with Crippen LogP contribution < -0.4 is 4.90 Å². The van der Waals surface area contributed by atoms with Crippen LogP contribution in [0.2, 0.25) is 0 Å². The van der Waals surface area contributed by atoms with E-state index in [1.165, 1.54) is 12.0 Å². The lowest BCUT2D eigenvalue weighted by Gasteiger charge is -2.23. The van der Waals surface area contributed by atoms with E-state index in [0.717, 1.165) is 30.4 Å². The van der Waals surface area contributed by atoms with Gasteiger partial charge in [-0.2, -0.15) is 0 Å². The van der Waals surface area contributed by atoms with Crippen molar-refractivity contribution < 1.29 is 0 Å². The third kappa shape index (κ3) is 2.74. The molecule has 1 saturated heterocycles. The zero-order chi connectivity index (χ0) is 12.4. The van der Waals surface area contributed by atoms with E-state index in [9.17, 15) is 0 Å². The van der Waals surface area contributed by atoms with Gasteiger partial charge in [-0.05, 0) is 43.4 Å². The summed E-state index contributed by atoms with van der Waals surface area (Å²) < 4.78 is 0. The van der Waals surface area contributed by atoms with Gasteiger partial charge in [0.05, 0.1) is 0 Å². The summed E-state index contributed by atoms with van der Waals surface area (Å²) in [5, 5.41) is 0. The molecule has 1 fully saturated rings. The molecule has 2 unspecified atom stereocenters. The summed E-state index contributed by atoms with van der Waals surface area (Å²) in [4.78, 5) is 7.15. The van der Waals surface area contributed by atoms with E-state index in [4.69, 9.17) is 16.6 Å². The highest BCUT2D eigenvalue weighted by Crippen LogP contribution is 2.28. The Kier molecular flexibility index (Phi) is 3.93. The maximum Gasteiger partial charge on any atom is 0.129 e. The summed E-state index contributed by atoms with van der Waals surface area (Å²) in [7, 11) is 0. The molecule has 0 spiro atoms. The molecule has 3 heteroatoms. The maximum atomic E-state index is 5.95. The molecule has 2 heterocycles. The van der Waals surface area contributed by atoms with E-state index in [-0.39, 0.29) is 0 Å². The molecule has 2 nitrogen and oxygen atoms in total. The zero-order valence-electron chi connectivity index (χ0n) is 10.9. The fourth-order valence-corrected chi connectivity index (χ4v) is 2.81. The van der Waals surface area contributed by atoms with E-state index < -0.39 is 0 Å². The Balaban J connectivity index is 2.31. The number of rotatable bonds is 3. The first-order chi connectivity index (χ1) is 8.13. The van der Waals surface area contributed by atoms with Crippen LogP contribution in [0.15, 0.2) is 12.1 Å². The standard InChI is InChI=1S/C14H21ClN2/c1-4-13-6-12(8-15)7-14(16-13)17-9-10(2)5-11(17)3/h6-7,10-11H,4-5,8-9H2,1-3H3. The Hall–Kier alpha value is -0.760. The van der Waals surface area contributed by atoms with Crippen LogP contribution >= 0.6 is 11.6 Å². The van der Waals surface area contributed by atoms with Crippen molar-refractivity contribution >= 4 is 17.4 Å². The highest BCUT2D eigenvalue weighted by molar-refractivity contribution is 6.17. The van der Waals surface area contributed by atoms with Crippen LogP contribution in [0.3, 0.4) is 0 Å². The Bertz CT molecular complexity index is 370. The molecule has 0 saturated carbocycles. The van der Waals surface area contributed by atoms with E-state index >= 15 is 0 Å². The molecule has 94 valence electrons. The number of anilines is 1. The topological polar surface area (TPSA) is 16.1 Å². The summed E-state index contributed by atoms with van der Waals surface area (Å²) in [6.45, 7) is 7.84. The van der Waals surface area contributed by atoms with Gasteiger partial charge in [0.15, 0.2) is 0 Å². The number of pyridine rings is 1. The predicted molar refractivity (Wildman–Crippen MR) is 73.8 cm³/mol. The highest BCUT2D eigenvalue weighted by Gasteiger charge is 2.27. The molecule has 0 aliphatic carbocycles. The van der Waals surface area contributed by atoms with Gasteiger partial charge in [0.1, 0.15) is 5.82 Å². The lowest BCUT2D eigenvalue weighted by Crippen LogP contribution is -2.28. The quantitative estimate of drug-likeness (QED) is 0.764. The minimum absolute atomic E-state index is 0.570. The number of hydrogen-bond acceptors (Lipinski definition) is 2. The molecular weight excluding hydrogens is 232 g/mol. The largest absolute Gasteiger partial charge is 0.354 e. The van der Waals surface area contributed by atoms with Gasteiger partial charge in [-0.1, -0.05) is 13.8 Å². The molecule has 1 aliphatic heterocycles. The van der Waals surface area contributed by atoms with Gasteiger partial charge in [-0.15, -0.1) is 11.6 Å². The van der Waals surface area contributed by atoms with Crippen LogP contribution in [-0.4, -0.2) is 17.6 Å². The van der Waals surface area contributed by atoms with Crippen LogP contribution in [0.4, 0.5) is 5.82 Å². The lowest BCUT2D eigenvalue weighted by molar-refractivity contribution is 0.625. The molecule has 0 radical (unpaired) electrons. The number of halogens is 1. The summed E-state index contributed by atoms with van der Waals surface area (Å²) in [5.41, 5.74) is 2.32. The second-order valence-electron chi connectivity index (χ2n) is 5.15. The van der Waals surface area contributed by atoms with Gasteiger partial charge >= 0.3 is 0 Å². The van der Waals surface area contributed by atoms with Crippen molar-refractivity contribution in [2.24, 2.45) is 5.92 Å². The molecule has 0 aromatic carbocycles. The predicted octanol–water partition coefficient (Wildman–Crippen LogP) is 3.62. The summed E-state index contributed by atoms with van der Waals surface area (Å²) in [6.07, 6.45) is 2.23. The van der Waals surface area contributed by atoms with Gasteiger partial charge in [0.25, 0.3) is 0 Å². The Morgan fingerprint density at radius 2 is 2.18 bits per heavy atom. The molecule has 0 N–H and O–H groups in total. The first-order valence-electron chi connectivity index (χ1n) is 6.46. The Labute approximate surface area is 109 Å². The number of hydrogen-bond donors (Lipinski definition) is 0. The number of alkyl halides is 1. The molecular formula is C14H21ClN2. The molecule has 0 amide bonds. The van der Waals surface area contributed by atoms with Crippen molar-refractivity contribution in [1.82, 2.24) is 4.98 Å². The average molecular weight is 253 g/mol. The first-order valence-corrected chi connectivity index (χ1v) is 7.00. The zero-order valence-corrected chi connectivity index (χ0v) is 11.7. The SMILES string of the molecule is CCc1cc(CCl)cc(N2CC(C)CC2C)n1. The van der Waals surface area contributed by atoms with Gasteiger partial charge in [0, 0.05) is 24.2 Å². The molecule has 2 atom stereocenters. The van der Waals surface area contributed by atoms with Crippen LogP contribution in [0.25, 0.3) is 0 Å². The maximum absolute atomic E-state index is 5.95. The van der Waals surface area contributed by atoms with Gasteiger partial charge in [-0.25, -0.2) is 4.98 Å². The average Bonchev–Trinajstić information content (AvgIpc) is 2.67. The molecule has 0 bridgehead atoms. The van der Waals surface area contributed by atoms with Crippen molar-refractivity contribution in [2.75, 3.05) is 11.4 Å². The fraction of sp³-hybridized carbons (Fsp3) is 0.643. The van der Waals surface area contributed by atoms with E-state index in [2.05, 4.69) is 37.8 Å². The van der Waals surface area contributed by atoms with E-state index in [0.29, 0.717) is 11.9 Å². The molecule has 1 aliphatic rings. The van der Waals surface area contributed by atoms with Crippen LogP contribution in [0.1, 0.15) is 38.4 Å². The van der Waals surface area contributed by atoms with Crippen molar-refractivity contribution in [1.29, 1.82) is 0 Å². The second-order valence-corrected chi connectivity index (χ2v) is 5.42. The fourth-order valence-electron chi connectivity index (χ4n) is 2.66. The molecule has 1 aromatic rings. The minimum Gasteiger partial charge on any atom is -0.354 e. The van der Waals surface area contributed by atoms with E-state index in [1.807, 2.05) is 0 Å². The molecule has 1 aromatic heterocycles. The van der Waals surface area contributed by atoms with Gasteiger partial charge in [-0.3, -0.25) is 0 Å². The van der Waals surface area contributed by atoms with Crippen LogP contribution in [0, 0.1) is 5.92 Å². The van der Waals surface area contributed by atoms with Crippen molar-refractivity contribution in [3.05, 3.63) is 23.4 Å². The summed E-state index contributed by atoms with van der Waals surface area (Å²) in [6, 6.07) is 4.84. The van der Waals surface area contributed by atoms with Crippen molar-refractivity contribution in [3.8, 4) is 0 Å². The van der Waals surface area contributed by atoms with Gasteiger partial charge in [0.2, 0.25) is 0 Å². The number of nitrogens with zero attached hydrogens (tertiary/aromatic N) is 2. The molecule has 2 rings (SSSR count). The second kappa shape index (κ2) is 5.26. The summed E-state index contributed by atoms with van der Waals surface area (Å²) >= 11 is 5.95. The van der Waals surface area contributed by atoms with Crippen molar-refractivity contribution in [2.45, 2.75) is 45.5 Å². The Morgan fingerprint density at radius 3 is 2.71 bits per heavy atom. The third-order valence-electron chi connectivity index (χ3n) is 3.52. The smallest absolute Gasteiger partial charge is 0.129 e. The highest BCUT2D eigenvalue weighted by atomic mass is 35.5. The number of aromatic nitrogens is 1. The first kappa shape index (κ1) is 12.7. The van der Waals surface area contributed by atoms with Crippen LogP contribution in [-0.2, 0) is 12.3 Å². The normalized spacial score (nSPS) is 24.4. The third-order valence-corrected chi connectivity index (χ3v) is 3.83. The Morgan fingerprint density at radius 1 is 1.41 bits per heavy atom. The number of aryl methyl sites for hydroxylation is 1. The lowest BCUT2D eigenvalue weighted by atomic mass is 10.1. The van der Waals surface area contributed by atoms with Gasteiger partial charge < -0.3 is 4.90 Å². The monoisotopic (exact) mass is 252 g/mol. The summed E-state index contributed by atoms with van der Waals surface area (Å²) in [5.74, 6) is 2.44. The minimum atomic E-state index is 0.570.